The van der Waals surface area contributed by atoms with Crippen LogP contribution in [0.4, 0.5) is 0 Å². The van der Waals surface area contributed by atoms with E-state index in [4.69, 9.17) is 13.6 Å². The second kappa shape index (κ2) is 9.22. The lowest BCUT2D eigenvalue weighted by Gasteiger charge is -2.24. The zero-order chi connectivity index (χ0) is 19.1. The molecule has 146 valence electrons. The molecule has 1 atom stereocenters. The predicted molar refractivity (Wildman–Crippen MR) is 104 cm³/mol. The van der Waals surface area contributed by atoms with E-state index in [0.717, 1.165) is 37.5 Å². The van der Waals surface area contributed by atoms with E-state index in [0.29, 0.717) is 31.7 Å². The summed E-state index contributed by atoms with van der Waals surface area (Å²) in [5.74, 6) is 2.27. The van der Waals surface area contributed by atoms with Crippen molar-refractivity contribution in [3.05, 3.63) is 73.1 Å². The van der Waals surface area contributed by atoms with Gasteiger partial charge in [0.1, 0.15) is 22.9 Å². The summed E-state index contributed by atoms with van der Waals surface area (Å²) in [5.41, 5.74) is -1.10. The molecule has 5 heteroatoms. The number of furan rings is 2. The first kappa shape index (κ1) is 19.7. The van der Waals surface area contributed by atoms with Crippen LogP contribution in [0, 0.1) is 0 Å². The van der Waals surface area contributed by atoms with Gasteiger partial charge < -0.3 is 18.7 Å². The minimum absolute atomic E-state index is 0.243. The summed E-state index contributed by atoms with van der Waals surface area (Å²) < 4.78 is 17.3. The molecule has 0 aliphatic carbocycles. The van der Waals surface area contributed by atoms with Crippen molar-refractivity contribution in [2.45, 2.75) is 50.5 Å². The quantitative estimate of drug-likeness (QED) is 0.594. The van der Waals surface area contributed by atoms with E-state index >= 15 is 0 Å². The SMILES string of the molecule is C=CCC(O)(CC=C)c1ccc(CN(Cc2ccco2)C[C@@H]2CCCO2)o1. The average molecular weight is 371 g/mol. The Morgan fingerprint density at radius 2 is 1.93 bits per heavy atom. The fourth-order valence-corrected chi connectivity index (χ4v) is 3.58. The van der Waals surface area contributed by atoms with E-state index in [9.17, 15) is 5.11 Å². The highest BCUT2D eigenvalue weighted by Gasteiger charge is 2.30. The van der Waals surface area contributed by atoms with Crippen molar-refractivity contribution in [2.24, 2.45) is 0 Å². The summed E-state index contributed by atoms with van der Waals surface area (Å²) in [5, 5.41) is 10.9. The van der Waals surface area contributed by atoms with Crippen LogP contribution in [0.2, 0.25) is 0 Å². The number of nitrogens with zero attached hydrogens (tertiary/aromatic N) is 1. The number of hydrogen-bond donors (Lipinski definition) is 1. The second-order valence-electron chi connectivity index (χ2n) is 7.17. The van der Waals surface area contributed by atoms with Gasteiger partial charge in [0.15, 0.2) is 0 Å². The lowest BCUT2D eigenvalue weighted by Crippen LogP contribution is -2.31. The summed E-state index contributed by atoms with van der Waals surface area (Å²) in [6, 6.07) is 7.65. The van der Waals surface area contributed by atoms with Crippen LogP contribution in [0.15, 0.2) is 64.7 Å². The molecule has 0 radical (unpaired) electrons. The van der Waals surface area contributed by atoms with Crippen LogP contribution < -0.4 is 0 Å². The van der Waals surface area contributed by atoms with Gasteiger partial charge in [0.05, 0.1) is 25.5 Å². The normalized spacial score (nSPS) is 17.5. The van der Waals surface area contributed by atoms with E-state index in [1.807, 2.05) is 24.3 Å². The summed E-state index contributed by atoms with van der Waals surface area (Å²) in [6.45, 7) is 10.4. The van der Waals surface area contributed by atoms with E-state index in [1.165, 1.54) is 0 Å². The third-order valence-electron chi connectivity index (χ3n) is 4.91. The molecular weight excluding hydrogens is 342 g/mol. The molecule has 2 aromatic heterocycles. The summed E-state index contributed by atoms with van der Waals surface area (Å²) in [6.07, 6.45) is 8.36. The zero-order valence-corrected chi connectivity index (χ0v) is 15.8. The number of hydrogen-bond acceptors (Lipinski definition) is 5. The first-order valence-corrected chi connectivity index (χ1v) is 9.52. The molecule has 1 N–H and O–H groups in total. The molecule has 3 heterocycles. The van der Waals surface area contributed by atoms with Gasteiger partial charge in [-0.05, 0) is 37.1 Å². The van der Waals surface area contributed by atoms with Crippen molar-refractivity contribution in [3.8, 4) is 0 Å². The van der Waals surface area contributed by atoms with Gasteiger partial charge in [-0.3, -0.25) is 4.90 Å². The Hall–Kier alpha value is -2.08. The highest BCUT2D eigenvalue weighted by molar-refractivity contribution is 5.17. The summed E-state index contributed by atoms with van der Waals surface area (Å²) in [7, 11) is 0. The lowest BCUT2D eigenvalue weighted by atomic mass is 9.93. The van der Waals surface area contributed by atoms with Crippen LogP contribution >= 0.6 is 0 Å². The maximum atomic E-state index is 10.9. The molecule has 0 amide bonds. The molecular formula is C22H29NO4. The van der Waals surface area contributed by atoms with Gasteiger partial charge in [0.2, 0.25) is 0 Å². The fourth-order valence-electron chi connectivity index (χ4n) is 3.58. The minimum Gasteiger partial charge on any atom is -0.468 e. The molecule has 0 saturated carbocycles. The van der Waals surface area contributed by atoms with Gasteiger partial charge in [0.25, 0.3) is 0 Å². The third-order valence-corrected chi connectivity index (χ3v) is 4.91. The van der Waals surface area contributed by atoms with Crippen molar-refractivity contribution in [2.75, 3.05) is 13.2 Å². The van der Waals surface area contributed by atoms with Crippen molar-refractivity contribution in [1.82, 2.24) is 4.90 Å². The molecule has 1 aliphatic rings. The molecule has 5 nitrogen and oxygen atoms in total. The summed E-state index contributed by atoms with van der Waals surface area (Å²) >= 11 is 0. The highest BCUT2D eigenvalue weighted by atomic mass is 16.5. The molecule has 0 bridgehead atoms. The Balaban J connectivity index is 1.71. The molecule has 1 fully saturated rings. The number of ether oxygens (including phenoxy) is 1. The van der Waals surface area contributed by atoms with Crippen molar-refractivity contribution in [1.29, 1.82) is 0 Å². The largest absolute Gasteiger partial charge is 0.468 e. The van der Waals surface area contributed by atoms with Gasteiger partial charge in [-0.2, -0.15) is 0 Å². The van der Waals surface area contributed by atoms with Gasteiger partial charge in [-0.1, -0.05) is 12.2 Å². The van der Waals surface area contributed by atoms with Crippen molar-refractivity contribution < 1.29 is 18.7 Å². The van der Waals surface area contributed by atoms with Crippen LogP contribution in [0.25, 0.3) is 0 Å². The Kier molecular flexibility index (Phi) is 6.72. The minimum atomic E-state index is -1.10. The molecule has 2 aromatic rings. The maximum absolute atomic E-state index is 10.9. The maximum Gasteiger partial charge on any atom is 0.136 e. The van der Waals surface area contributed by atoms with E-state index in [-0.39, 0.29) is 6.10 Å². The van der Waals surface area contributed by atoms with Crippen LogP contribution in [-0.4, -0.2) is 29.3 Å². The molecule has 1 saturated heterocycles. The standard InChI is InChI=1S/C22H29NO4/c1-3-11-22(24,12-4-2)21-10-9-20(27-21)17-23(15-18-7-5-13-25-18)16-19-8-6-14-26-19/h3-5,7,9-10,13,19,24H,1-2,6,8,11-12,14-17H2/t19-/m0/s1. The monoisotopic (exact) mass is 371 g/mol. The topological polar surface area (TPSA) is 59.0 Å². The van der Waals surface area contributed by atoms with E-state index < -0.39 is 5.60 Å². The van der Waals surface area contributed by atoms with Gasteiger partial charge in [0, 0.05) is 26.0 Å². The predicted octanol–water partition coefficient (Wildman–Crippen LogP) is 4.39. The van der Waals surface area contributed by atoms with Crippen LogP contribution in [-0.2, 0) is 23.4 Å². The van der Waals surface area contributed by atoms with Crippen LogP contribution in [0.5, 0.6) is 0 Å². The smallest absolute Gasteiger partial charge is 0.136 e. The third kappa shape index (κ3) is 5.22. The Labute approximate surface area is 160 Å². The highest BCUT2D eigenvalue weighted by Crippen LogP contribution is 2.31. The van der Waals surface area contributed by atoms with Crippen molar-refractivity contribution in [3.63, 3.8) is 0 Å². The molecule has 1 aliphatic heterocycles. The lowest BCUT2D eigenvalue weighted by molar-refractivity contribution is 0.0176. The van der Waals surface area contributed by atoms with E-state index in [2.05, 4.69) is 18.1 Å². The van der Waals surface area contributed by atoms with E-state index in [1.54, 1.807) is 18.4 Å². The first-order valence-electron chi connectivity index (χ1n) is 9.52. The molecule has 3 rings (SSSR count). The Morgan fingerprint density at radius 1 is 1.15 bits per heavy atom. The average Bonchev–Trinajstić information content (AvgIpc) is 3.38. The van der Waals surface area contributed by atoms with Gasteiger partial charge in [-0.25, -0.2) is 0 Å². The molecule has 27 heavy (non-hydrogen) atoms. The molecule has 0 aromatic carbocycles. The first-order chi connectivity index (χ1) is 13.1. The fraction of sp³-hybridized carbons (Fsp3) is 0.455. The Bertz CT molecular complexity index is 703. The summed E-state index contributed by atoms with van der Waals surface area (Å²) in [4.78, 5) is 2.26. The molecule has 0 unspecified atom stereocenters. The number of aliphatic hydroxyl groups is 1. The second-order valence-corrected chi connectivity index (χ2v) is 7.17. The van der Waals surface area contributed by atoms with Gasteiger partial charge >= 0.3 is 0 Å². The Morgan fingerprint density at radius 3 is 2.56 bits per heavy atom. The van der Waals surface area contributed by atoms with Crippen LogP contribution in [0.1, 0.15) is 43.0 Å². The van der Waals surface area contributed by atoms with Crippen LogP contribution in [0.3, 0.4) is 0 Å². The molecule has 0 spiro atoms. The number of rotatable bonds is 11. The van der Waals surface area contributed by atoms with Crippen molar-refractivity contribution >= 4 is 0 Å². The van der Waals surface area contributed by atoms with Gasteiger partial charge in [-0.15, -0.1) is 13.2 Å². The zero-order valence-electron chi connectivity index (χ0n) is 15.8.